The van der Waals surface area contributed by atoms with Gasteiger partial charge in [-0.1, -0.05) is 22.7 Å². The molecule has 0 radical (unpaired) electrons. The first-order valence-corrected chi connectivity index (χ1v) is 6.51. The summed E-state index contributed by atoms with van der Waals surface area (Å²) in [5.41, 5.74) is 0. The van der Waals surface area contributed by atoms with E-state index in [9.17, 15) is 0 Å². The van der Waals surface area contributed by atoms with Crippen molar-refractivity contribution in [2.75, 3.05) is 0 Å². The molecule has 0 heterocycles. The Balaban J connectivity index is 2.51. The minimum Gasteiger partial charge on any atom is -0.227 e. The van der Waals surface area contributed by atoms with Crippen molar-refractivity contribution in [3.05, 3.63) is 22.7 Å². The van der Waals surface area contributed by atoms with Crippen molar-refractivity contribution in [2.24, 2.45) is 0 Å². The third-order valence-corrected chi connectivity index (χ3v) is 3.75. The highest BCUT2D eigenvalue weighted by atomic mass is 35.7. The largest absolute Gasteiger partial charge is 0.552 e. The standard InChI is InChI=1S/C5H5.Al.2ClH/c1-2-4-5-3-1;;;/h1-3H,4H2;;2*1H/q;+2;;/p-2. The van der Waals surface area contributed by atoms with Gasteiger partial charge < -0.3 is 0 Å². The van der Waals surface area contributed by atoms with Gasteiger partial charge in [0, 0.05) is 0 Å². The van der Waals surface area contributed by atoms with Crippen LogP contribution in [0.3, 0.4) is 0 Å². The van der Waals surface area contributed by atoms with Gasteiger partial charge in [0.25, 0.3) is 0 Å². The van der Waals surface area contributed by atoms with Crippen LogP contribution in [0.5, 0.6) is 0 Å². The zero-order valence-corrected chi connectivity index (χ0v) is 6.94. The smallest absolute Gasteiger partial charge is 0.227 e. The number of halogens is 2. The highest BCUT2D eigenvalue weighted by Gasteiger charge is 2.16. The average molecular weight is 163 g/mol. The fourth-order valence-corrected chi connectivity index (χ4v) is 2.17. The van der Waals surface area contributed by atoms with Gasteiger partial charge in [0.15, 0.2) is 0 Å². The summed E-state index contributed by atoms with van der Waals surface area (Å²) in [5.74, 6) is 0. The molecule has 0 nitrogen and oxygen atoms in total. The lowest BCUT2D eigenvalue weighted by molar-refractivity contribution is 1.40. The van der Waals surface area contributed by atoms with Gasteiger partial charge in [0.2, 0.25) is 0 Å². The van der Waals surface area contributed by atoms with Crippen LogP contribution < -0.4 is 0 Å². The van der Waals surface area contributed by atoms with Gasteiger partial charge in [-0.05, 0) is 6.42 Å². The lowest BCUT2D eigenvalue weighted by atomic mass is 10.5. The Morgan fingerprint density at radius 1 is 1.50 bits per heavy atom. The van der Waals surface area contributed by atoms with E-state index in [0.29, 0.717) is 0 Å². The topological polar surface area (TPSA) is 0 Å². The van der Waals surface area contributed by atoms with E-state index in [4.69, 9.17) is 20.1 Å². The number of hydrogen-bond donors (Lipinski definition) is 0. The predicted octanol–water partition coefficient (Wildman–Crippen LogP) is 2.38. The molecule has 0 fully saturated rings. The summed E-state index contributed by atoms with van der Waals surface area (Å²) < 4.78 is 1.23. The van der Waals surface area contributed by atoms with E-state index in [0.717, 1.165) is 6.42 Å². The normalized spacial score (nSPS) is 16.5. The second-order valence-corrected chi connectivity index (χ2v) is 6.31. The molecule has 0 saturated heterocycles. The molecule has 0 aromatic rings. The molecule has 0 bridgehead atoms. The van der Waals surface area contributed by atoms with Crippen molar-refractivity contribution < 1.29 is 0 Å². The highest BCUT2D eigenvalue weighted by molar-refractivity contribution is 7.37. The van der Waals surface area contributed by atoms with Gasteiger partial charge in [-0.3, -0.25) is 0 Å². The Morgan fingerprint density at radius 2 is 2.25 bits per heavy atom. The molecule has 0 amide bonds. The van der Waals surface area contributed by atoms with E-state index in [-0.39, 0.29) is 0 Å². The highest BCUT2D eigenvalue weighted by Crippen LogP contribution is 2.18. The molecular formula is C5H5AlCl2. The maximum Gasteiger partial charge on any atom is 0.552 e. The van der Waals surface area contributed by atoms with Gasteiger partial charge in [-0.25, -0.2) is 20.1 Å². The van der Waals surface area contributed by atoms with Gasteiger partial charge in [0.05, 0.1) is 0 Å². The molecule has 0 aromatic heterocycles. The fourth-order valence-electron chi connectivity index (χ4n) is 0.626. The summed E-state index contributed by atoms with van der Waals surface area (Å²) in [7, 11) is 11.4. The van der Waals surface area contributed by atoms with E-state index in [2.05, 4.69) is 6.08 Å². The summed E-state index contributed by atoms with van der Waals surface area (Å²) >= 11 is -1.48. The van der Waals surface area contributed by atoms with Gasteiger partial charge in [0.1, 0.15) is 0 Å². The lowest BCUT2D eigenvalue weighted by Gasteiger charge is -1.91. The van der Waals surface area contributed by atoms with Crippen LogP contribution in [-0.4, -0.2) is 12.3 Å². The summed E-state index contributed by atoms with van der Waals surface area (Å²) in [6.07, 6.45) is 7.06. The first-order valence-electron chi connectivity index (χ1n) is 2.44. The number of rotatable bonds is 1. The van der Waals surface area contributed by atoms with Crippen LogP contribution in [0.1, 0.15) is 6.42 Å². The SMILES string of the molecule is [Cl][Al]([Cl])[C]1=CC=CC1. The molecule has 0 N–H and O–H groups in total. The summed E-state index contributed by atoms with van der Waals surface area (Å²) in [6, 6.07) is 0. The molecular weight excluding hydrogens is 158 g/mol. The molecule has 1 rings (SSSR count). The fraction of sp³-hybridized carbons (Fsp3) is 0.200. The average Bonchev–Trinajstić information content (AvgIpc) is 2.12. The molecule has 0 saturated carbocycles. The minimum absolute atomic E-state index is 0.976. The quantitative estimate of drug-likeness (QED) is 0.520. The van der Waals surface area contributed by atoms with Crippen molar-refractivity contribution in [3.63, 3.8) is 0 Å². The van der Waals surface area contributed by atoms with Crippen LogP contribution in [0, 0.1) is 0 Å². The van der Waals surface area contributed by atoms with E-state index in [1.165, 1.54) is 4.44 Å². The lowest BCUT2D eigenvalue weighted by Crippen LogP contribution is -1.95. The molecule has 3 heteroatoms. The van der Waals surface area contributed by atoms with Gasteiger partial charge in [-0.15, -0.1) is 0 Å². The van der Waals surface area contributed by atoms with Crippen molar-refractivity contribution >= 4 is 32.4 Å². The summed E-state index contributed by atoms with van der Waals surface area (Å²) in [6.45, 7) is 0. The molecule has 0 atom stereocenters. The minimum atomic E-state index is -1.48. The van der Waals surface area contributed by atoms with Crippen molar-refractivity contribution in [3.8, 4) is 0 Å². The Morgan fingerprint density at radius 3 is 2.50 bits per heavy atom. The maximum absolute atomic E-state index is 5.68. The second kappa shape index (κ2) is 2.94. The van der Waals surface area contributed by atoms with Gasteiger partial charge >= 0.3 is 12.3 Å². The van der Waals surface area contributed by atoms with Crippen LogP contribution in [0.15, 0.2) is 22.7 Å². The molecule has 0 unspecified atom stereocenters. The molecule has 0 aliphatic heterocycles. The molecule has 42 valence electrons. The van der Waals surface area contributed by atoms with Crippen molar-refractivity contribution in [2.45, 2.75) is 6.42 Å². The third-order valence-electron chi connectivity index (χ3n) is 1.08. The predicted molar refractivity (Wildman–Crippen MR) is 39.3 cm³/mol. The number of allylic oxidation sites excluding steroid dienone is 4. The van der Waals surface area contributed by atoms with Crippen LogP contribution in [0.25, 0.3) is 0 Å². The monoisotopic (exact) mass is 162 g/mol. The van der Waals surface area contributed by atoms with E-state index in [1.807, 2.05) is 12.2 Å². The van der Waals surface area contributed by atoms with Crippen molar-refractivity contribution in [1.29, 1.82) is 0 Å². The molecule has 0 spiro atoms. The molecule has 1 aliphatic rings. The van der Waals surface area contributed by atoms with E-state index >= 15 is 0 Å². The van der Waals surface area contributed by atoms with Gasteiger partial charge in [-0.2, -0.15) is 0 Å². The second-order valence-electron chi connectivity index (χ2n) is 1.67. The van der Waals surface area contributed by atoms with Crippen molar-refractivity contribution in [1.82, 2.24) is 0 Å². The zero-order chi connectivity index (χ0) is 5.98. The Bertz CT molecular complexity index is 137. The maximum atomic E-state index is 5.68. The van der Waals surface area contributed by atoms with Crippen LogP contribution in [0.2, 0.25) is 0 Å². The Hall–Kier alpha value is 0.592. The van der Waals surface area contributed by atoms with E-state index < -0.39 is 12.3 Å². The van der Waals surface area contributed by atoms with Crippen LogP contribution >= 0.6 is 20.1 Å². The first-order chi connectivity index (χ1) is 3.80. The Kier molecular flexibility index (Phi) is 2.47. The number of hydrogen-bond acceptors (Lipinski definition) is 0. The molecule has 0 aromatic carbocycles. The first kappa shape index (κ1) is 6.71. The third kappa shape index (κ3) is 1.53. The molecule has 1 aliphatic carbocycles. The van der Waals surface area contributed by atoms with Crippen LogP contribution in [-0.2, 0) is 0 Å². The molecule has 8 heavy (non-hydrogen) atoms. The summed E-state index contributed by atoms with van der Waals surface area (Å²) in [5, 5.41) is 0. The Labute approximate surface area is 61.6 Å². The summed E-state index contributed by atoms with van der Waals surface area (Å²) in [4.78, 5) is 0. The van der Waals surface area contributed by atoms with Crippen LogP contribution in [0.4, 0.5) is 0 Å². The van der Waals surface area contributed by atoms with E-state index in [1.54, 1.807) is 0 Å². The zero-order valence-electron chi connectivity index (χ0n) is 4.27.